The maximum Gasteiger partial charge on any atom is 0.136 e. The van der Waals surface area contributed by atoms with Gasteiger partial charge in [-0.25, -0.2) is 0 Å². The number of carbonyl (C=O) groups excluding carboxylic acids is 1. The Morgan fingerprint density at radius 3 is 2.71 bits per heavy atom. The van der Waals surface area contributed by atoms with Gasteiger partial charge in [-0.15, -0.1) is 6.58 Å². The second kappa shape index (κ2) is 5.88. The lowest BCUT2D eigenvalue weighted by Gasteiger charge is -2.39. The molecule has 0 N–H and O–H groups in total. The van der Waals surface area contributed by atoms with E-state index < -0.39 is 0 Å². The van der Waals surface area contributed by atoms with Crippen LogP contribution in [0.25, 0.3) is 5.57 Å². The summed E-state index contributed by atoms with van der Waals surface area (Å²) in [5, 5.41) is 0. The van der Waals surface area contributed by atoms with Gasteiger partial charge in [0.25, 0.3) is 0 Å². The van der Waals surface area contributed by atoms with Crippen molar-refractivity contribution in [1.82, 2.24) is 0 Å². The first-order valence-electron chi connectivity index (χ1n) is 7.74. The minimum atomic E-state index is 0.212. The molecular formula is C19H22O2. The predicted octanol–water partition coefficient (Wildman–Crippen LogP) is 4.27. The van der Waals surface area contributed by atoms with Gasteiger partial charge in [0.1, 0.15) is 11.5 Å². The minimum Gasteiger partial charge on any atom is -0.497 e. The van der Waals surface area contributed by atoms with Crippen molar-refractivity contribution in [3.05, 3.63) is 48.6 Å². The summed E-state index contributed by atoms with van der Waals surface area (Å²) in [6, 6.07) is 8.20. The first kappa shape index (κ1) is 14.1. The molecule has 0 unspecified atom stereocenters. The standard InChI is InChI=1S/C19H22O2/c1-3-15-16(13-7-9-14(21-2)10-8-13)11-12-18-17(15)5-4-6-19(18)20/h3,7-11,15,17-18H,1,4-6,12H2,2H3/t15-,17-,18-/m1/s1. The van der Waals surface area contributed by atoms with E-state index in [1.54, 1.807) is 7.11 Å². The first-order valence-corrected chi connectivity index (χ1v) is 7.74. The summed E-state index contributed by atoms with van der Waals surface area (Å²) in [6.45, 7) is 4.03. The van der Waals surface area contributed by atoms with Crippen molar-refractivity contribution in [2.75, 3.05) is 7.11 Å². The van der Waals surface area contributed by atoms with Crippen LogP contribution in [0.5, 0.6) is 5.75 Å². The molecule has 0 bridgehead atoms. The fourth-order valence-electron chi connectivity index (χ4n) is 3.89. The number of fused-ring (bicyclic) bond motifs is 1. The molecule has 0 aliphatic heterocycles. The molecule has 2 heteroatoms. The summed E-state index contributed by atoms with van der Waals surface area (Å²) in [7, 11) is 1.68. The molecule has 2 aliphatic rings. The molecule has 1 aromatic carbocycles. The van der Waals surface area contributed by atoms with E-state index in [1.807, 2.05) is 18.2 Å². The number of hydrogen-bond donors (Lipinski definition) is 0. The van der Waals surface area contributed by atoms with Gasteiger partial charge < -0.3 is 4.74 Å². The fourth-order valence-corrected chi connectivity index (χ4v) is 3.89. The molecule has 110 valence electrons. The SMILES string of the molecule is C=C[C@@H]1C(c2ccc(OC)cc2)=CC[C@H]2C(=O)CCC[C@H]12. The number of ketones is 1. The zero-order chi connectivity index (χ0) is 14.8. The molecule has 1 fully saturated rings. The molecule has 0 heterocycles. The van der Waals surface area contributed by atoms with Crippen LogP contribution >= 0.6 is 0 Å². The van der Waals surface area contributed by atoms with E-state index in [2.05, 4.69) is 24.8 Å². The molecule has 2 aliphatic carbocycles. The molecule has 0 radical (unpaired) electrons. The summed E-state index contributed by atoms with van der Waals surface area (Å²) in [4.78, 5) is 12.1. The van der Waals surface area contributed by atoms with E-state index >= 15 is 0 Å². The molecule has 3 rings (SSSR count). The van der Waals surface area contributed by atoms with Gasteiger partial charge in [0.2, 0.25) is 0 Å². The molecule has 0 aromatic heterocycles. The van der Waals surface area contributed by atoms with Crippen LogP contribution in [0.15, 0.2) is 43.0 Å². The molecular weight excluding hydrogens is 260 g/mol. The van der Waals surface area contributed by atoms with Gasteiger partial charge in [-0.3, -0.25) is 4.79 Å². The Balaban J connectivity index is 1.93. The van der Waals surface area contributed by atoms with E-state index in [9.17, 15) is 4.79 Å². The Hall–Kier alpha value is -1.83. The van der Waals surface area contributed by atoms with Crippen molar-refractivity contribution in [2.45, 2.75) is 25.7 Å². The number of allylic oxidation sites excluding steroid dienone is 3. The third-order valence-corrected chi connectivity index (χ3v) is 4.98. The summed E-state index contributed by atoms with van der Waals surface area (Å²) >= 11 is 0. The highest BCUT2D eigenvalue weighted by atomic mass is 16.5. The van der Waals surface area contributed by atoms with Crippen molar-refractivity contribution in [1.29, 1.82) is 0 Å². The number of rotatable bonds is 3. The average molecular weight is 282 g/mol. The highest BCUT2D eigenvalue weighted by Gasteiger charge is 2.39. The second-order valence-electron chi connectivity index (χ2n) is 6.01. The van der Waals surface area contributed by atoms with E-state index in [0.29, 0.717) is 17.6 Å². The van der Waals surface area contributed by atoms with Crippen molar-refractivity contribution < 1.29 is 9.53 Å². The van der Waals surface area contributed by atoms with Crippen LogP contribution in [0, 0.1) is 17.8 Å². The monoisotopic (exact) mass is 282 g/mol. The van der Waals surface area contributed by atoms with Crippen molar-refractivity contribution in [3.63, 3.8) is 0 Å². The molecule has 1 aromatic rings. The Bertz CT molecular complexity index is 568. The normalized spacial score (nSPS) is 28.5. The highest BCUT2D eigenvalue weighted by Crippen LogP contribution is 2.46. The van der Waals surface area contributed by atoms with Crippen LogP contribution in [-0.4, -0.2) is 12.9 Å². The van der Waals surface area contributed by atoms with Gasteiger partial charge in [-0.2, -0.15) is 0 Å². The number of Topliss-reactive ketones (excluding diaryl/α,β-unsaturated/α-hetero) is 1. The van der Waals surface area contributed by atoms with Crippen molar-refractivity contribution in [2.24, 2.45) is 17.8 Å². The molecule has 21 heavy (non-hydrogen) atoms. The maximum absolute atomic E-state index is 12.1. The highest BCUT2D eigenvalue weighted by molar-refractivity contribution is 5.84. The molecule has 2 nitrogen and oxygen atoms in total. The lowest BCUT2D eigenvalue weighted by molar-refractivity contribution is -0.127. The van der Waals surface area contributed by atoms with E-state index in [0.717, 1.165) is 31.4 Å². The number of carbonyl (C=O) groups is 1. The topological polar surface area (TPSA) is 26.3 Å². The van der Waals surface area contributed by atoms with Crippen molar-refractivity contribution in [3.8, 4) is 5.75 Å². The minimum absolute atomic E-state index is 0.212. The summed E-state index contributed by atoms with van der Waals surface area (Å²) in [6.07, 6.45) is 8.09. The van der Waals surface area contributed by atoms with Gasteiger partial charge in [0.15, 0.2) is 0 Å². The Kier molecular flexibility index (Phi) is 3.96. The van der Waals surface area contributed by atoms with Gasteiger partial charge >= 0.3 is 0 Å². The van der Waals surface area contributed by atoms with Crippen LogP contribution in [0.1, 0.15) is 31.2 Å². The average Bonchev–Trinajstić information content (AvgIpc) is 2.54. The van der Waals surface area contributed by atoms with Crippen LogP contribution in [0.2, 0.25) is 0 Å². The van der Waals surface area contributed by atoms with E-state index in [-0.39, 0.29) is 5.92 Å². The third kappa shape index (κ3) is 2.55. The third-order valence-electron chi connectivity index (χ3n) is 4.98. The fraction of sp³-hybridized carbons (Fsp3) is 0.421. The molecule has 0 amide bonds. The smallest absolute Gasteiger partial charge is 0.136 e. The van der Waals surface area contributed by atoms with Gasteiger partial charge in [0, 0.05) is 18.3 Å². The van der Waals surface area contributed by atoms with Crippen molar-refractivity contribution >= 4 is 11.4 Å². The summed E-state index contributed by atoms with van der Waals surface area (Å²) in [5.41, 5.74) is 2.54. The molecule has 3 atom stereocenters. The summed E-state index contributed by atoms with van der Waals surface area (Å²) < 4.78 is 5.23. The molecule has 0 spiro atoms. The Labute approximate surface area is 126 Å². The molecule has 0 saturated heterocycles. The lowest BCUT2D eigenvalue weighted by Crippen LogP contribution is -2.35. The largest absolute Gasteiger partial charge is 0.497 e. The quantitative estimate of drug-likeness (QED) is 0.774. The zero-order valence-corrected chi connectivity index (χ0v) is 12.5. The van der Waals surface area contributed by atoms with Crippen LogP contribution in [0.3, 0.4) is 0 Å². The maximum atomic E-state index is 12.1. The Morgan fingerprint density at radius 1 is 1.29 bits per heavy atom. The van der Waals surface area contributed by atoms with E-state index in [1.165, 1.54) is 11.1 Å². The zero-order valence-electron chi connectivity index (χ0n) is 12.5. The Morgan fingerprint density at radius 2 is 2.05 bits per heavy atom. The number of methoxy groups -OCH3 is 1. The molecule has 1 saturated carbocycles. The summed E-state index contributed by atoms with van der Waals surface area (Å²) in [5.74, 6) is 2.26. The second-order valence-corrected chi connectivity index (χ2v) is 6.01. The predicted molar refractivity (Wildman–Crippen MR) is 85.1 cm³/mol. The van der Waals surface area contributed by atoms with Crippen LogP contribution < -0.4 is 4.74 Å². The van der Waals surface area contributed by atoms with Gasteiger partial charge in [-0.05, 0) is 48.4 Å². The number of ether oxygens (including phenoxy) is 1. The van der Waals surface area contributed by atoms with E-state index in [4.69, 9.17) is 4.74 Å². The van der Waals surface area contributed by atoms with Gasteiger partial charge in [-0.1, -0.05) is 24.3 Å². The number of benzene rings is 1. The first-order chi connectivity index (χ1) is 10.2. The number of hydrogen-bond acceptors (Lipinski definition) is 2. The lowest BCUT2D eigenvalue weighted by atomic mass is 9.64. The van der Waals surface area contributed by atoms with Crippen LogP contribution in [-0.2, 0) is 4.79 Å². The van der Waals surface area contributed by atoms with Crippen LogP contribution in [0.4, 0.5) is 0 Å². The van der Waals surface area contributed by atoms with Gasteiger partial charge in [0.05, 0.1) is 7.11 Å².